The van der Waals surface area contributed by atoms with Crippen molar-refractivity contribution in [2.24, 2.45) is 11.8 Å². The van der Waals surface area contributed by atoms with E-state index in [2.05, 4.69) is 0 Å². The van der Waals surface area contributed by atoms with Crippen LogP contribution in [0.25, 0.3) is 0 Å². The van der Waals surface area contributed by atoms with Gasteiger partial charge >= 0.3 is 12.1 Å². The molecular weight excluding hydrogens is 310 g/mol. The molecule has 1 saturated heterocycles. The number of nitrogens with zero attached hydrogens (tertiary/aromatic N) is 1. The maximum atomic E-state index is 12.7. The summed E-state index contributed by atoms with van der Waals surface area (Å²) in [5.74, 6) is -0.559. The Labute approximate surface area is 145 Å². The zero-order valence-electron chi connectivity index (χ0n) is 16.3. The van der Waals surface area contributed by atoms with Gasteiger partial charge < -0.3 is 14.6 Å². The van der Waals surface area contributed by atoms with Gasteiger partial charge in [0.1, 0.15) is 17.2 Å². The minimum Gasteiger partial charge on any atom is -0.458 e. The molecule has 1 aliphatic rings. The molecule has 6 nitrogen and oxygen atoms in total. The van der Waals surface area contributed by atoms with Crippen molar-refractivity contribution in [3.63, 3.8) is 0 Å². The minimum absolute atomic E-state index is 0.0796. The van der Waals surface area contributed by atoms with Crippen molar-refractivity contribution in [2.45, 2.75) is 85.2 Å². The van der Waals surface area contributed by atoms with E-state index in [1.165, 1.54) is 4.90 Å². The Balaban J connectivity index is 3.07. The van der Waals surface area contributed by atoms with Crippen LogP contribution < -0.4 is 0 Å². The van der Waals surface area contributed by atoms with Crippen molar-refractivity contribution in [2.75, 3.05) is 6.54 Å². The number of hydrogen-bond donors (Lipinski definition) is 1. The molecule has 1 N–H and O–H groups in total. The summed E-state index contributed by atoms with van der Waals surface area (Å²) in [6, 6.07) is -0.823. The summed E-state index contributed by atoms with van der Waals surface area (Å²) >= 11 is 0. The van der Waals surface area contributed by atoms with Crippen LogP contribution in [0.3, 0.4) is 0 Å². The van der Waals surface area contributed by atoms with E-state index in [0.29, 0.717) is 6.42 Å². The van der Waals surface area contributed by atoms with Gasteiger partial charge in [-0.15, -0.1) is 0 Å². The maximum Gasteiger partial charge on any atom is 0.411 e. The molecule has 1 amide bonds. The second-order valence-electron chi connectivity index (χ2n) is 8.97. The first-order valence-electron chi connectivity index (χ1n) is 8.62. The first kappa shape index (κ1) is 20.7. The van der Waals surface area contributed by atoms with Gasteiger partial charge in [-0.1, -0.05) is 13.8 Å². The van der Waals surface area contributed by atoms with E-state index in [9.17, 15) is 14.7 Å². The molecule has 0 radical (unpaired) electrons. The maximum absolute atomic E-state index is 12.7. The van der Waals surface area contributed by atoms with Crippen molar-refractivity contribution in [3.8, 4) is 0 Å². The average molecular weight is 343 g/mol. The number of amides is 1. The molecule has 0 aromatic heterocycles. The Kier molecular flexibility index (Phi) is 6.31. The lowest BCUT2D eigenvalue weighted by atomic mass is 9.89. The Hall–Kier alpha value is -1.30. The quantitative estimate of drug-likeness (QED) is 0.797. The van der Waals surface area contributed by atoms with Crippen molar-refractivity contribution in [1.29, 1.82) is 0 Å². The lowest BCUT2D eigenvalue weighted by Gasteiger charge is -2.31. The van der Waals surface area contributed by atoms with Crippen LogP contribution in [0.2, 0.25) is 0 Å². The van der Waals surface area contributed by atoms with Crippen LogP contribution in [0.15, 0.2) is 0 Å². The zero-order chi connectivity index (χ0) is 18.9. The largest absolute Gasteiger partial charge is 0.458 e. The summed E-state index contributed by atoms with van der Waals surface area (Å²) in [4.78, 5) is 26.5. The number of hydrogen-bond acceptors (Lipinski definition) is 5. The van der Waals surface area contributed by atoms with Gasteiger partial charge in [0.2, 0.25) is 0 Å². The molecule has 1 heterocycles. The number of ether oxygens (including phenoxy) is 2. The number of carbonyl (C=O) groups is 2. The summed E-state index contributed by atoms with van der Waals surface area (Å²) in [5.41, 5.74) is -1.33. The first-order valence-corrected chi connectivity index (χ1v) is 8.62. The number of aliphatic hydroxyl groups excluding tert-OH is 1. The Morgan fingerprint density at radius 2 is 1.58 bits per heavy atom. The van der Waals surface area contributed by atoms with Crippen molar-refractivity contribution < 1.29 is 24.2 Å². The van der Waals surface area contributed by atoms with Crippen LogP contribution in [-0.2, 0) is 14.3 Å². The lowest BCUT2D eigenvalue weighted by molar-refractivity contribution is -0.162. The van der Waals surface area contributed by atoms with Crippen LogP contribution >= 0.6 is 0 Å². The van der Waals surface area contributed by atoms with E-state index in [1.54, 1.807) is 41.5 Å². The van der Waals surface area contributed by atoms with Crippen molar-refractivity contribution in [1.82, 2.24) is 4.90 Å². The topological polar surface area (TPSA) is 76.1 Å². The van der Waals surface area contributed by atoms with Crippen LogP contribution in [0, 0.1) is 11.8 Å². The SMILES string of the molecule is CC(C)CC1[C@@H](C(=O)OC(C)(C)C)N(C(=O)OC(C)(C)C)C[C@@H]1O. The molecule has 0 aliphatic carbocycles. The normalized spacial score (nSPS) is 25.1. The third-order valence-electron chi connectivity index (χ3n) is 3.64. The first-order chi connectivity index (χ1) is 10.7. The summed E-state index contributed by atoms with van der Waals surface area (Å²) in [5, 5.41) is 10.4. The molecule has 0 aromatic carbocycles. The third-order valence-corrected chi connectivity index (χ3v) is 3.64. The fourth-order valence-corrected chi connectivity index (χ4v) is 2.90. The molecule has 140 valence electrons. The number of rotatable bonds is 3. The molecule has 1 rings (SSSR count). The molecule has 24 heavy (non-hydrogen) atoms. The Morgan fingerprint density at radius 1 is 1.08 bits per heavy atom. The smallest absolute Gasteiger partial charge is 0.411 e. The average Bonchev–Trinajstić information content (AvgIpc) is 2.62. The number of β-amino-alcohol motifs (C(OH)–C–C–N with tert-alkyl or cyclic N) is 1. The molecule has 0 spiro atoms. The van der Waals surface area contributed by atoms with Gasteiger partial charge in [-0.2, -0.15) is 0 Å². The standard InChI is InChI=1S/C18H33NO5/c1-11(2)9-12-13(20)10-19(16(22)24-18(6,7)8)14(12)15(21)23-17(3,4)5/h11-14,20H,9-10H2,1-8H3/t12?,13-,14-/m0/s1. The monoisotopic (exact) mass is 343 g/mol. The van der Waals surface area contributed by atoms with E-state index < -0.39 is 35.4 Å². The summed E-state index contributed by atoms with van der Waals surface area (Å²) in [6.07, 6.45) is -0.731. The van der Waals surface area contributed by atoms with E-state index in [-0.39, 0.29) is 18.4 Å². The molecular formula is C18H33NO5. The second kappa shape index (κ2) is 7.30. The summed E-state index contributed by atoms with van der Waals surface area (Å²) in [6.45, 7) is 14.8. The molecule has 1 fully saturated rings. The molecule has 0 aromatic rings. The van der Waals surface area contributed by atoms with Crippen molar-refractivity contribution in [3.05, 3.63) is 0 Å². The predicted molar refractivity (Wildman–Crippen MR) is 91.5 cm³/mol. The van der Waals surface area contributed by atoms with E-state index in [4.69, 9.17) is 9.47 Å². The number of carbonyl (C=O) groups excluding carboxylic acids is 2. The van der Waals surface area contributed by atoms with Gasteiger partial charge in [0, 0.05) is 5.92 Å². The highest BCUT2D eigenvalue weighted by molar-refractivity contribution is 5.83. The number of likely N-dealkylation sites (tertiary alicyclic amines) is 1. The summed E-state index contributed by atoms with van der Waals surface area (Å²) in [7, 11) is 0. The molecule has 1 unspecified atom stereocenters. The lowest BCUT2D eigenvalue weighted by Crippen LogP contribution is -2.48. The van der Waals surface area contributed by atoms with Gasteiger partial charge in [-0.25, -0.2) is 9.59 Å². The van der Waals surface area contributed by atoms with Gasteiger partial charge in [-0.3, -0.25) is 4.90 Å². The van der Waals surface area contributed by atoms with Crippen LogP contribution in [0.1, 0.15) is 61.8 Å². The highest BCUT2D eigenvalue weighted by Crippen LogP contribution is 2.33. The fourth-order valence-electron chi connectivity index (χ4n) is 2.90. The molecule has 3 atom stereocenters. The Morgan fingerprint density at radius 3 is 2.00 bits per heavy atom. The van der Waals surface area contributed by atoms with Crippen molar-refractivity contribution >= 4 is 12.1 Å². The highest BCUT2D eigenvalue weighted by atomic mass is 16.6. The van der Waals surface area contributed by atoms with Gasteiger partial charge in [0.05, 0.1) is 12.6 Å². The van der Waals surface area contributed by atoms with E-state index in [1.807, 2.05) is 13.8 Å². The fraction of sp³-hybridized carbons (Fsp3) is 0.889. The molecule has 0 saturated carbocycles. The second-order valence-corrected chi connectivity index (χ2v) is 8.97. The van der Waals surface area contributed by atoms with Gasteiger partial charge in [0.25, 0.3) is 0 Å². The molecule has 6 heteroatoms. The predicted octanol–water partition coefficient (Wildman–Crippen LogP) is 2.97. The number of esters is 1. The zero-order valence-corrected chi connectivity index (χ0v) is 16.3. The van der Waals surface area contributed by atoms with E-state index in [0.717, 1.165) is 0 Å². The van der Waals surface area contributed by atoms with Gasteiger partial charge in [-0.05, 0) is 53.9 Å². The third kappa shape index (κ3) is 5.96. The van der Waals surface area contributed by atoms with Crippen LogP contribution in [-0.4, -0.2) is 52.0 Å². The van der Waals surface area contributed by atoms with Crippen LogP contribution in [0.4, 0.5) is 4.79 Å². The van der Waals surface area contributed by atoms with Crippen LogP contribution in [0.5, 0.6) is 0 Å². The van der Waals surface area contributed by atoms with E-state index >= 15 is 0 Å². The molecule has 1 aliphatic heterocycles. The summed E-state index contributed by atoms with van der Waals surface area (Å²) < 4.78 is 10.9. The van der Waals surface area contributed by atoms with Gasteiger partial charge in [0.15, 0.2) is 0 Å². The highest BCUT2D eigenvalue weighted by Gasteiger charge is 2.49. The number of aliphatic hydroxyl groups is 1. The minimum atomic E-state index is -0.823. The molecule has 0 bridgehead atoms. The Bertz CT molecular complexity index is 461.